The van der Waals surface area contributed by atoms with E-state index in [-0.39, 0.29) is 26.2 Å². The van der Waals surface area contributed by atoms with Gasteiger partial charge in [0, 0.05) is 19.6 Å². The van der Waals surface area contributed by atoms with Crippen molar-refractivity contribution in [3.8, 4) is 0 Å². The van der Waals surface area contributed by atoms with Crippen LogP contribution in [0.25, 0.3) is 0 Å². The molecule has 0 radical (unpaired) electrons. The van der Waals surface area contributed by atoms with Gasteiger partial charge in [-0.15, -0.1) is 0 Å². The fraction of sp³-hybridized carbons (Fsp3) is 0.966. The number of rotatable bonds is 31. The van der Waals surface area contributed by atoms with Crippen molar-refractivity contribution in [1.29, 1.82) is 0 Å². The van der Waals surface area contributed by atoms with Gasteiger partial charge in [0.15, 0.2) is 0 Å². The van der Waals surface area contributed by atoms with Crippen LogP contribution in [0.1, 0.15) is 142 Å². The molecule has 0 amide bonds. The van der Waals surface area contributed by atoms with E-state index in [1.807, 2.05) is 6.92 Å². The van der Waals surface area contributed by atoms with E-state index in [1.54, 1.807) is 0 Å². The Labute approximate surface area is 233 Å². The highest BCUT2D eigenvalue weighted by molar-refractivity contribution is 7.51. The van der Waals surface area contributed by atoms with Gasteiger partial charge >= 0.3 is 13.7 Å². The van der Waals surface area contributed by atoms with Crippen molar-refractivity contribution < 1.29 is 33.0 Å². The number of ether oxygens (including phenoxy) is 2. The minimum absolute atomic E-state index is 0.120. The van der Waals surface area contributed by atoms with Crippen LogP contribution in [0.5, 0.6) is 0 Å². The summed E-state index contributed by atoms with van der Waals surface area (Å²) < 4.78 is 34.3. The SMILES string of the molecule is CCCCCCCCCCCCCCCCCCOCC(COCCCCC(=O)O)OP(N)(=O)OCCC. The van der Waals surface area contributed by atoms with E-state index in [2.05, 4.69) is 6.92 Å². The summed E-state index contributed by atoms with van der Waals surface area (Å²) in [5.41, 5.74) is 5.69. The fourth-order valence-electron chi connectivity index (χ4n) is 4.23. The molecule has 0 rings (SSSR count). The van der Waals surface area contributed by atoms with Crippen molar-refractivity contribution in [2.75, 3.05) is 33.0 Å². The lowest BCUT2D eigenvalue weighted by Crippen LogP contribution is -2.27. The molecule has 0 aliphatic carbocycles. The normalized spacial score (nSPS) is 14.0. The molecule has 0 aromatic heterocycles. The van der Waals surface area contributed by atoms with Crippen LogP contribution in [0.3, 0.4) is 0 Å². The summed E-state index contributed by atoms with van der Waals surface area (Å²) in [6.07, 6.45) is 22.6. The Hall–Kier alpha value is -0.500. The van der Waals surface area contributed by atoms with Crippen molar-refractivity contribution in [3.05, 3.63) is 0 Å². The molecule has 0 heterocycles. The highest BCUT2D eigenvalue weighted by Gasteiger charge is 2.24. The molecule has 2 atom stereocenters. The molecule has 0 fully saturated rings. The first-order valence-corrected chi connectivity index (χ1v) is 17.1. The van der Waals surface area contributed by atoms with Gasteiger partial charge in [0.2, 0.25) is 0 Å². The van der Waals surface area contributed by atoms with E-state index >= 15 is 0 Å². The van der Waals surface area contributed by atoms with E-state index in [0.29, 0.717) is 32.5 Å². The molecule has 0 aromatic carbocycles. The second-order valence-electron chi connectivity index (χ2n) is 10.4. The predicted molar refractivity (Wildman–Crippen MR) is 156 cm³/mol. The summed E-state index contributed by atoms with van der Waals surface area (Å²) in [6.45, 7) is 5.84. The number of hydrogen-bond acceptors (Lipinski definition) is 6. The summed E-state index contributed by atoms with van der Waals surface area (Å²) in [7, 11) is -3.67. The van der Waals surface area contributed by atoms with Crippen molar-refractivity contribution in [2.24, 2.45) is 5.50 Å². The lowest BCUT2D eigenvalue weighted by molar-refractivity contribution is -0.137. The number of aliphatic carboxylic acids is 1. The number of carboxylic acids is 1. The molecule has 0 saturated heterocycles. The Morgan fingerprint density at radius 3 is 1.50 bits per heavy atom. The van der Waals surface area contributed by atoms with Gasteiger partial charge < -0.3 is 14.6 Å². The van der Waals surface area contributed by atoms with Crippen LogP contribution in [0.4, 0.5) is 0 Å². The monoisotopic (exact) mass is 565 g/mol. The van der Waals surface area contributed by atoms with Crippen LogP contribution in [0.2, 0.25) is 0 Å². The first-order chi connectivity index (χ1) is 18.4. The molecule has 0 aliphatic rings. The van der Waals surface area contributed by atoms with Crippen LogP contribution in [-0.4, -0.2) is 50.2 Å². The lowest BCUT2D eigenvalue weighted by atomic mass is 10.0. The average molecular weight is 566 g/mol. The largest absolute Gasteiger partial charge is 0.481 e. The van der Waals surface area contributed by atoms with E-state index in [9.17, 15) is 9.36 Å². The van der Waals surface area contributed by atoms with Crippen LogP contribution < -0.4 is 5.50 Å². The van der Waals surface area contributed by atoms with E-state index in [4.69, 9.17) is 29.1 Å². The Morgan fingerprint density at radius 2 is 1.08 bits per heavy atom. The molecule has 3 N–H and O–H groups in total. The Bertz CT molecular complexity index is 565. The molecule has 8 nitrogen and oxygen atoms in total. The van der Waals surface area contributed by atoms with Crippen LogP contribution in [0, 0.1) is 0 Å². The maximum Gasteiger partial charge on any atom is 0.403 e. The van der Waals surface area contributed by atoms with Gasteiger partial charge in [-0.3, -0.25) is 13.8 Å². The van der Waals surface area contributed by atoms with Gasteiger partial charge in [-0.05, 0) is 25.7 Å². The third kappa shape index (κ3) is 28.5. The fourth-order valence-corrected chi connectivity index (χ4v) is 5.26. The highest BCUT2D eigenvalue weighted by Crippen LogP contribution is 2.40. The van der Waals surface area contributed by atoms with Gasteiger partial charge in [-0.1, -0.05) is 110 Å². The van der Waals surface area contributed by atoms with Crippen LogP contribution >= 0.6 is 7.75 Å². The van der Waals surface area contributed by atoms with Crippen LogP contribution in [0.15, 0.2) is 0 Å². The standard InChI is InChI=1S/C29H60NO7P/c1-3-5-6-7-8-9-10-11-12-13-14-15-16-17-18-20-24-34-26-28(37-38(30,33)36-23-4-2)27-35-25-21-19-22-29(31)32/h28H,3-27H2,1-2H3,(H2,30,33)(H,31,32). The highest BCUT2D eigenvalue weighted by atomic mass is 31.2. The van der Waals surface area contributed by atoms with Crippen molar-refractivity contribution in [3.63, 3.8) is 0 Å². The number of nitrogens with two attached hydrogens (primary N) is 1. The summed E-state index contributed by atoms with van der Waals surface area (Å²) in [6, 6.07) is 0. The molecule has 0 aliphatic heterocycles. The smallest absolute Gasteiger partial charge is 0.403 e. The predicted octanol–water partition coefficient (Wildman–Crippen LogP) is 8.41. The van der Waals surface area contributed by atoms with E-state index in [0.717, 1.165) is 12.8 Å². The van der Waals surface area contributed by atoms with Crippen molar-refractivity contribution in [1.82, 2.24) is 0 Å². The average Bonchev–Trinajstić information content (AvgIpc) is 2.88. The van der Waals surface area contributed by atoms with Gasteiger partial charge in [0.25, 0.3) is 0 Å². The van der Waals surface area contributed by atoms with E-state index < -0.39 is 19.8 Å². The van der Waals surface area contributed by atoms with Gasteiger partial charge in [-0.25, -0.2) is 10.1 Å². The van der Waals surface area contributed by atoms with Gasteiger partial charge in [-0.2, -0.15) is 0 Å². The summed E-state index contributed by atoms with van der Waals surface area (Å²) in [5, 5.41) is 8.70. The van der Waals surface area contributed by atoms with Gasteiger partial charge in [0.1, 0.15) is 6.10 Å². The second kappa shape index (κ2) is 28.0. The maximum absolute atomic E-state index is 12.3. The molecule has 0 spiro atoms. The molecule has 0 aromatic rings. The Kier molecular flexibility index (Phi) is 27.7. The summed E-state index contributed by atoms with van der Waals surface area (Å²) in [4.78, 5) is 10.6. The Balaban J connectivity index is 3.79. The summed E-state index contributed by atoms with van der Waals surface area (Å²) in [5.74, 6) is -0.814. The Morgan fingerprint density at radius 1 is 0.658 bits per heavy atom. The number of carboxylic acid groups (broad SMARTS) is 1. The third-order valence-electron chi connectivity index (χ3n) is 6.45. The molecular formula is C29H60NO7P. The summed E-state index contributed by atoms with van der Waals surface area (Å²) >= 11 is 0. The zero-order valence-corrected chi connectivity index (χ0v) is 25.6. The maximum atomic E-state index is 12.3. The third-order valence-corrected chi connectivity index (χ3v) is 7.58. The molecule has 228 valence electrons. The van der Waals surface area contributed by atoms with Crippen molar-refractivity contribution >= 4 is 13.7 Å². The number of hydrogen-bond donors (Lipinski definition) is 2. The quantitative estimate of drug-likeness (QED) is 0.0635. The van der Waals surface area contributed by atoms with Crippen molar-refractivity contribution in [2.45, 2.75) is 148 Å². The second-order valence-corrected chi connectivity index (χ2v) is 12.0. The zero-order chi connectivity index (χ0) is 28.2. The molecule has 0 bridgehead atoms. The lowest BCUT2D eigenvalue weighted by Gasteiger charge is -2.22. The molecular weight excluding hydrogens is 505 g/mol. The van der Waals surface area contributed by atoms with E-state index in [1.165, 1.54) is 89.9 Å². The topological polar surface area (TPSA) is 117 Å². The van der Waals surface area contributed by atoms with Crippen LogP contribution in [-0.2, 0) is 27.9 Å². The molecule has 9 heteroatoms. The van der Waals surface area contributed by atoms with Gasteiger partial charge in [0.05, 0.1) is 19.8 Å². The zero-order valence-electron chi connectivity index (χ0n) is 24.7. The number of unbranched alkanes of at least 4 members (excludes halogenated alkanes) is 16. The molecule has 2 unspecified atom stereocenters. The first kappa shape index (κ1) is 37.5. The number of carbonyl (C=O) groups is 1. The molecule has 38 heavy (non-hydrogen) atoms. The minimum atomic E-state index is -3.67. The molecule has 0 saturated carbocycles. The minimum Gasteiger partial charge on any atom is -0.481 e. The first-order valence-electron chi connectivity index (χ1n) is 15.5.